The third kappa shape index (κ3) is 2.38. The van der Waals surface area contributed by atoms with E-state index in [1.54, 1.807) is 6.07 Å². The first kappa shape index (κ1) is 13.6. The second-order valence-electron chi connectivity index (χ2n) is 5.28. The molecule has 1 amide bonds. The molecule has 3 rings (SSSR count). The highest BCUT2D eigenvalue weighted by Gasteiger charge is 2.28. The smallest absolute Gasteiger partial charge is 0.250 e. The van der Waals surface area contributed by atoms with Gasteiger partial charge in [0, 0.05) is 13.1 Å². The van der Waals surface area contributed by atoms with Crippen molar-refractivity contribution in [1.29, 1.82) is 0 Å². The Morgan fingerprint density at radius 3 is 2.62 bits per heavy atom. The van der Waals surface area contributed by atoms with Crippen molar-refractivity contribution in [3.63, 3.8) is 0 Å². The lowest BCUT2D eigenvalue weighted by molar-refractivity contribution is 0.100. The Balaban J connectivity index is 2.06. The number of para-hydroxylation sites is 1. The molecule has 1 heterocycles. The number of fused-ring (bicyclic) bond motifs is 1. The van der Waals surface area contributed by atoms with E-state index < -0.39 is 5.91 Å². The van der Waals surface area contributed by atoms with Crippen LogP contribution in [0.2, 0.25) is 0 Å². The number of hydrogen-bond donors (Lipinski definition) is 2. The van der Waals surface area contributed by atoms with Gasteiger partial charge in [0.05, 0.1) is 17.3 Å². The number of nitrogens with two attached hydrogens (primary N) is 2. The fourth-order valence-corrected chi connectivity index (χ4v) is 3.13. The molecular weight excluding hydrogens is 262 g/mol. The normalized spacial score (nSPS) is 17.4. The average molecular weight is 281 g/mol. The van der Waals surface area contributed by atoms with E-state index in [4.69, 9.17) is 11.5 Å². The van der Waals surface area contributed by atoms with Gasteiger partial charge in [-0.05, 0) is 29.7 Å². The minimum Gasteiger partial charge on any atom is -0.366 e. The summed E-state index contributed by atoms with van der Waals surface area (Å²) in [6.07, 6.45) is 0.944. The zero-order valence-electron chi connectivity index (χ0n) is 11.8. The van der Waals surface area contributed by atoms with E-state index in [0.29, 0.717) is 12.1 Å². The molecule has 0 fully saturated rings. The number of carbonyl (C=O) groups excluding carboxylic acids is 1. The number of amides is 1. The summed E-state index contributed by atoms with van der Waals surface area (Å²) in [5.74, 6) is -0.403. The average Bonchev–Trinajstić information content (AvgIpc) is 2.53. The monoisotopic (exact) mass is 281 g/mol. The number of rotatable bonds is 3. The SMILES string of the molecule is NCC1c2ccccc2CCN1c1ccccc1C(N)=O. The molecule has 4 nitrogen and oxygen atoms in total. The summed E-state index contributed by atoms with van der Waals surface area (Å²) in [5, 5.41) is 0. The molecule has 1 atom stereocenters. The Morgan fingerprint density at radius 2 is 1.86 bits per heavy atom. The maximum atomic E-state index is 11.7. The van der Waals surface area contributed by atoms with E-state index in [1.807, 2.05) is 24.3 Å². The maximum Gasteiger partial charge on any atom is 0.250 e. The summed E-state index contributed by atoms with van der Waals surface area (Å²) >= 11 is 0. The molecule has 0 saturated heterocycles. The topological polar surface area (TPSA) is 72.3 Å². The number of benzene rings is 2. The van der Waals surface area contributed by atoms with Crippen LogP contribution in [-0.2, 0) is 6.42 Å². The minimum absolute atomic E-state index is 0.0791. The number of hydrogen-bond acceptors (Lipinski definition) is 3. The molecule has 0 bridgehead atoms. The Labute approximate surface area is 124 Å². The van der Waals surface area contributed by atoms with Gasteiger partial charge in [-0.2, -0.15) is 0 Å². The van der Waals surface area contributed by atoms with Gasteiger partial charge in [-0.3, -0.25) is 4.79 Å². The molecule has 108 valence electrons. The summed E-state index contributed by atoms with van der Waals surface area (Å²) < 4.78 is 0. The second-order valence-corrected chi connectivity index (χ2v) is 5.28. The summed E-state index contributed by atoms with van der Waals surface area (Å²) in [6.45, 7) is 1.34. The van der Waals surface area contributed by atoms with Gasteiger partial charge in [0.15, 0.2) is 0 Å². The molecule has 0 saturated carbocycles. The molecule has 4 N–H and O–H groups in total. The van der Waals surface area contributed by atoms with Gasteiger partial charge in [-0.15, -0.1) is 0 Å². The lowest BCUT2D eigenvalue weighted by atomic mass is 9.91. The van der Waals surface area contributed by atoms with Crippen LogP contribution in [0, 0.1) is 0 Å². The quantitative estimate of drug-likeness (QED) is 0.901. The first-order valence-corrected chi connectivity index (χ1v) is 7.15. The van der Waals surface area contributed by atoms with Crippen LogP contribution in [0.5, 0.6) is 0 Å². The molecule has 21 heavy (non-hydrogen) atoms. The largest absolute Gasteiger partial charge is 0.366 e. The molecule has 0 radical (unpaired) electrons. The van der Waals surface area contributed by atoms with Crippen LogP contribution in [0.4, 0.5) is 5.69 Å². The van der Waals surface area contributed by atoms with Crippen LogP contribution >= 0.6 is 0 Å². The second kappa shape index (κ2) is 5.58. The van der Waals surface area contributed by atoms with Crippen molar-refractivity contribution < 1.29 is 4.79 Å². The van der Waals surface area contributed by atoms with Crippen LogP contribution in [0.15, 0.2) is 48.5 Å². The lowest BCUT2D eigenvalue weighted by Gasteiger charge is -2.39. The Kier molecular flexibility index (Phi) is 3.62. The fraction of sp³-hybridized carbons (Fsp3) is 0.235. The number of carbonyl (C=O) groups is 1. The van der Waals surface area contributed by atoms with Gasteiger partial charge in [0.2, 0.25) is 0 Å². The highest BCUT2D eigenvalue weighted by Crippen LogP contribution is 2.34. The summed E-state index contributed by atoms with van der Waals surface area (Å²) in [5.41, 5.74) is 15.5. The van der Waals surface area contributed by atoms with Gasteiger partial charge in [0.25, 0.3) is 5.91 Å². The summed E-state index contributed by atoms with van der Waals surface area (Å²) in [4.78, 5) is 13.9. The van der Waals surface area contributed by atoms with E-state index >= 15 is 0 Å². The van der Waals surface area contributed by atoms with Crippen molar-refractivity contribution in [3.8, 4) is 0 Å². The van der Waals surface area contributed by atoms with Crippen LogP contribution in [0.3, 0.4) is 0 Å². The van der Waals surface area contributed by atoms with Crippen LogP contribution in [0.1, 0.15) is 27.5 Å². The minimum atomic E-state index is -0.403. The Morgan fingerprint density at radius 1 is 1.14 bits per heavy atom. The van der Waals surface area contributed by atoms with E-state index in [-0.39, 0.29) is 6.04 Å². The Bertz CT molecular complexity index is 669. The highest BCUT2D eigenvalue weighted by atomic mass is 16.1. The molecule has 0 spiro atoms. The van der Waals surface area contributed by atoms with Gasteiger partial charge in [0.1, 0.15) is 0 Å². The van der Waals surface area contributed by atoms with Crippen LogP contribution in [-0.4, -0.2) is 19.0 Å². The highest BCUT2D eigenvalue weighted by molar-refractivity contribution is 5.98. The third-order valence-corrected chi connectivity index (χ3v) is 4.11. The molecule has 1 unspecified atom stereocenters. The van der Waals surface area contributed by atoms with Gasteiger partial charge < -0.3 is 16.4 Å². The predicted octanol–water partition coefficient (Wildman–Crippen LogP) is 1.85. The van der Waals surface area contributed by atoms with E-state index in [9.17, 15) is 4.79 Å². The summed E-state index contributed by atoms with van der Waals surface area (Å²) in [6, 6.07) is 15.9. The van der Waals surface area contributed by atoms with Gasteiger partial charge in [-0.1, -0.05) is 36.4 Å². The van der Waals surface area contributed by atoms with E-state index in [0.717, 1.165) is 18.7 Å². The number of primary amides is 1. The summed E-state index contributed by atoms with van der Waals surface area (Å²) in [7, 11) is 0. The molecule has 2 aromatic rings. The number of nitrogens with zero attached hydrogens (tertiary/aromatic N) is 1. The van der Waals surface area contributed by atoms with Crippen molar-refractivity contribution in [2.75, 3.05) is 18.0 Å². The zero-order valence-corrected chi connectivity index (χ0v) is 11.8. The van der Waals surface area contributed by atoms with Crippen molar-refractivity contribution >= 4 is 11.6 Å². The first-order chi connectivity index (χ1) is 10.2. The molecule has 0 aliphatic carbocycles. The fourth-order valence-electron chi connectivity index (χ4n) is 3.13. The predicted molar refractivity (Wildman–Crippen MR) is 84.2 cm³/mol. The van der Waals surface area contributed by atoms with Crippen molar-refractivity contribution in [2.45, 2.75) is 12.5 Å². The molecular formula is C17H19N3O. The third-order valence-electron chi connectivity index (χ3n) is 4.11. The molecule has 1 aliphatic heterocycles. The van der Waals surface area contributed by atoms with E-state index in [1.165, 1.54) is 11.1 Å². The van der Waals surface area contributed by atoms with Crippen molar-refractivity contribution in [1.82, 2.24) is 0 Å². The van der Waals surface area contributed by atoms with E-state index in [2.05, 4.69) is 23.1 Å². The molecule has 2 aromatic carbocycles. The van der Waals surface area contributed by atoms with Crippen molar-refractivity contribution in [2.24, 2.45) is 11.5 Å². The van der Waals surface area contributed by atoms with Gasteiger partial charge in [-0.25, -0.2) is 0 Å². The van der Waals surface area contributed by atoms with Crippen LogP contribution in [0.25, 0.3) is 0 Å². The molecule has 4 heteroatoms. The Hall–Kier alpha value is -2.33. The maximum absolute atomic E-state index is 11.7. The van der Waals surface area contributed by atoms with Crippen LogP contribution < -0.4 is 16.4 Å². The van der Waals surface area contributed by atoms with Crippen molar-refractivity contribution in [3.05, 3.63) is 65.2 Å². The first-order valence-electron chi connectivity index (χ1n) is 7.15. The molecule has 0 aromatic heterocycles. The zero-order chi connectivity index (χ0) is 14.8. The lowest BCUT2D eigenvalue weighted by Crippen LogP contribution is -2.40. The van der Waals surface area contributed by atoms with Gasteiger partial charge >= 0.3 is 0 Å². The molecule has 1 aliphatic rings. The standard InChI is InChI=1S/C17H19N3O/c18-11-16-13-6-2-1-5-12(13)9-10-20(16)15-8-4-3-7-14(15)17(19)21/h1-8,16H,9-11,18H2,(H2,19,21). The number of anilines is 1.